The van der Waals surface area contributed by atoms with Crippen molar-refractivity contribution in [2.75, 3.05) is 23.2 Å². The Morgan fingerprint density at radius 2 is 2.20 bits per heavy atom. The van der Waals surface area contributed by atoms with Gasteiger partial charge in [0.05, 0.1) is 6.61 Å². The van der Waals surface area contributed by atoms with Crippen molar-refractivity contribution >= 4 is 35.9 Å². The number of ether oxygens (including phenoxy) is 1. The lowest BCUT2D eigenvalue weighted by Gasteiger charge is -2.17. The third-order valence-electron chi connectivity index (χ3n) is 1.76. The summed E-state index contributed by atoms with van der Waals surface area (Å²) < 4.78 is 4.87. The molecule has 0 atom stereocenters. The number of carbonyl (C=O) groups is 2. The fraction of sp³-hybridized carbons (Fsp3) is 0.556. The van der Waals surface area contributed by atoms with Crippen molar-refractivity contribution < 1.29 is 14.3 Å². The number of rotatable bonds is 4. The average Bonchev–Trinajstić information content (AvgIpc) is 2.27. The van der Waals surface area contributed by atoms with Gasteiger partial charge in [0.1, 0.15) is 5.70 Å². The molecule has 1 aliphatic heterocycles. The van der Waals surface area contributed by atoms with Crippen LogP contribution in [-0.2, 0) is 14.3 Å². The molecule has 0 saturated carbocycles. The highest BCUT2D eigenvalue weighted by Crippen LogP contribution is 2.26. The maximum absolute atomic E-state index is 11.5. The molecule has 0 bridgehead atoms. The maximum atomic E-state index is 11.5. The first-order chi connectivity index (χ1) is 7.29. The Balaban J connectivity index is 2.77. The standard InChI is InChI=1S/C9H13NO3S2/c1-2-13-9(12)8(10-5-11)7-3-14-6-15-4-7/h5H,2-4,6H2,1H3,(H,10,11). The number of hydrogen-bond donors (Lipinski definition) is 1. The zero-order chi connectivity index (χ0) is 11.1. The summed E-state index contributed by atoms with van der Waals surface area (Å²) in [5.74, 6) is 1.12. The molecule has 4 nitrogen and oxygen atoms in total. The van der Waals surface area contributed by atoms with Gasteiger partial charge in [0.2, 0.25) is 6.41 Å². The number of esters is 1. The van der Waals surface area contributed by atoms with E-state index in [1.807, 2.05) is 0 Å². The topological polar surface area (TPSA) is 55.4 Å². The van der Waals surface area contributed by atoms with Gasteiger partial charge in [0.25, 0.3) is 0 Å². The summed E-state index contributed by atoms with van der Waals surface area (Å²) in [4.78, 5) is 21.9. The van der Waals surface area contributed by atoms with E-state index in [4.69, 9.17) is 4.74 Å². The van der Waals surface area contributed by atoms with Gasteiger partial charge in [-0.25, -0.2) is 4.79 Å². The zero-order valence-electron chi connectivity index (χ0n) is 8.45. The van der Waals surface area contributed by atoms with E-state index < -0.39 is 5.97 Å². The van der Waals surface area contributed by atoms with Gasteiger partial charge >= 0.3 is 5.97 Å². The number of amides is 1. The van der Waals surface area contributed by atoms with Gasteiger partial charge in [0.15, 0.2) is 0 Å². The summed E-state index contributed by atoms with van der Waals surface area (Å²) in [6.07, 6.45) is 0.517. The van der Waals surface area contributed by atoms with E-state index in [2.05, 4.69) is 5.32 Å². The fourth-order valence-electron chi connectivity index (χ4n) is 1.14. The van der Waals surface area contributed by atoms with E-state index in [0.29, 0.717) is 18.7 Å². The first-order valence-corrected chi connectivity index (χ1v) is 6.85. The summed E-state index contributed by atoms with van der Waals surface area (Å²) in [6, 6.07) is 0. The van der Waals surface area contributed by atoms with Crippen molar-refractivity contribution in [3.63, 3.8) is 0 Å². The van der Waals surface area contributed by atoms with Crippen LogP contribution in [0.2, 0.25) is 0 Å². The minimum atomic E-state index is -0.442. The molecule has 0 aliphatic carbocycles. The molecule has 0 aromatic carbocycles. The van der Waals surface area contributed by atoms with E-state index in [-0.39, 0.29) is 0 Å². The highest BCUT2D eigenvalue weighted by molar-refractivity contribution is 8.16. The Morgan fingerprint density at radius 3 is 2.73 bits per heavy atom. The predicted octanol–water partition coefficient (Wildman–Crippen LogP) is 0.987. The summed E-state index contributed by atoms with van der Waals surface area (Å²) in [5, 5.41) is 3.46. The van der Waals surface area contributed by atoms with Crippen LogP contribution in [0.3, 0.4) is 0 Å². The molecule has 15 heavy (non-hydrogen) atoms. The van der Waals surface area contributed by atoms with Crippen molar-refractivity contribution in [2.24, 2.45) is 0 Å². The molecule has 0 aromatic rings. The first-order valence-electron chi connectivity index (χ1n) is 4.54. The summed E-state index contributed by atoms with van der Waals surface area (Å²) in [7, 11) is 0. The van der Waals surface area contributed by atoms with E-state index >= 15 is 0 Å². The molecule has 0 spiro atoms. The Bertz CT molecular complexity index is 271. The molecule has 84 valence electrons. The van der Waals surface area contributed by atoms with Crippen LogP contribution in [0, 0.1) is 0 Å². The van der Waals surface area contributed by atoms with Gasteiger partial charge in [-0.15, -0.1) is 23.5 Å². The number of thioether (sulfide) groups is 2. The number of nitrogens with one attached hydrogen (secondary N) is 1. The maximum Gasteiger partial charge on any atom is 0.354 e. The molecular formula is C9H13NO3S2. The van der Waals surface area contributed by atoms with Crippen LogP contribution in [0.1, 0.15) is 6.92 Å². The van der Waals surface area contributed by atoms with E-state index in [1.54, 1.807) is 30.4 Å². The van der Waals surface area contributed by atoms with Crippen molar-refractivity contribution in [1.29, 1.82) is 0 Å². The van der Waals surface area contributed by atoms with Crippen LogP contribution in [-0.4, -0.2) is 35.6 Å². The quantitative estimate of drug-likeness (QED) is 0.456. The lowest BCUT2D eigenvalue weighted by atomic mass is 10.2. The molecule has 1 fully saturated rings. The van der Waals surface area contributed by atoms with Crippen LogP contribution in [0.15, 0.2) is 11.3 Å². The molecule has 0 unspecified atom stereocenters. The molecule has 0 aromatic heterocycles. The SMILES string of the molecule is CCOC(=O)C(NC=O)=C1CSCSC1. The molecule has 1 saturated heterocycles. The molecular weight excluding hydrogens is 234 g/mol. The predicted molar refractivity (Wildman–Crippen MR) is 62.6 cm³/mol. The van der Waals surface area contributed by atoms with Gasteiger partial charge in [-0.3, -0.25) is 4.79 Å². The summed E-state index contributed by atoms with van der Waals surface area (Å²) in [5.41, 5.74) is 1.26. The Kier molecular flexibility index (Phi) is 5.63. The second-order valence-electron chi connectivity index (χ2n) is 2.78. The van der Waals surface area contributed by atoms with E-state index in [1.165, 1.54) is 0 Å². The Hall–Kier alpha value is -0.620. The smallest absolute Gasteiger partial charge is 0.354 e. The highest BCUT2D eigenvalue weighted by Gasteiger charge is 2.18. The number of carbonyl (C=O) groups excluding carboxylic acids is 2. The molecule has 1 N–H and O–H groups in total. The van der Waals surface area contributed by atoms with Crippen molar-refractivity contribution in [2.45, 2.75) is 6.92 Å². The van der Waals surface area contributed by atoms with Crippen molar-refractivity contribution in [3.8, 4) is 0 Å². The summed E-state index contributed by atoms with van der Waals surface area (Å²) >= 11 is 3.47. The summed E-state index contributed by atoms with van der Waals surface area (Å²) in [6.45, 7) is 2.06. The van der Waals surface area contributed by atoms with Gasteiger partial charge in [0, 0.05) is 16.6 Å². The third kappa shape index (κ3) is 3.79. The van der Waals surface area contributed by atoms with Crippen LogP contribution < -0.4 is 5.32 Å². The van der Waals surface area contributed by atoms with Crippen molar-refractivity contribution in [1.82, 2.24) is 5.32 Å². The second-order valence-corrected chi connectivity index (χ2v) is 5.11. The zero-order valence-corrected chi connectivity index (χ0v) is 10.1. The molecule has 1 amide bonds. The Labute approximate surface area is 97.2 Å². The minimum absolute atomic E-state index is 0.312. The van der Waals surface area contributed by atoms with Crippen LogP contribution in [0.4, 0.5) is 0 Å². The fourth-order valence-corrected chi connectivity index (χ4v) is 3.40. The van der Waals surface area contributed by atoms with Gasteiger partial charge in [-0.05, 0) is 12.5 Å². The Morgan fingerprint density at radius 1 is 1.53 bits per heavy atom. The van der Waals surface area contributed by atoms with Crippen LogP contribution in [0.5, 0.6) is 0 Å². The van der Waals surface area contributed by atoms with E-state index in [0.717, 1.165) is 22.2 Å². The molecule has 1 aliphatic rings. The van der Waals surface area contributed by atoms with Gasteiger partial charge in [-0.2, -0.15) is 0 Å². The highest BCUT2D eigenvalue weighted by atomic mass is 32.2. The van der Waals surface area contributed by atoms with Gasteiger partial charge in [-0.1, -0.05) is 0 Å². The largest absolute Gasteiger partial charge is 0.461 e. The monoisotopic (exact) mass is 247 g/mol. The minimum Gasteiger partial charge on any atom is -0.461 e. The van der Waals surface area contributed by atoms with Gasteiger partial charge < -0.3 is 10.1 Å². The molecule has 0 radical (unpaired) electrons. The molecule has 1 heterocycles. The average molecular weight is 247 g/mol. The normalized spacial score (nSPS) is 15.7. The van der Waals surface area contributed by atoms with Crippen LogP contribution >= 0.6 is 23.5 Å². The van der Waals surface area contributed by atoms with Crippen LogP contribution in [0.25, 0.3) is 0 Å². The number of hydrogen-bond acceptors (Lipinski definition) is 5. The molecule has 1 rings (SSSR count). The third-order valence-corrected chi connectivity index (χ3v) is 4.19. The lowest BCUT2D eigenvalue weighted by molar-refractivity contribution is -0.139. The second kappa shape index (κ2) is 6.79. The lowest BCUT2D eigenvalue weighted by Crippen LogP contribution is -2.25. The van der Waals surface area contributed by atoms with E-state index in [9.17, 15) is 9.59 Å². The first kappa shape index (κ1) is 12.4. The van der Waals surface area contributed by atoms with Crippen molar-refractivity contribution in [3.05, 3.63) is 11.3 Å². The molecule has 6 heteroatoms.